The maximum Gasteiger partial charge on any atom is 3.00 e. The Bertz CT molecular complexity index is 1560. The smallest absolute Gasteiger partial charge is 0.616 e. The minimum atomic E-state index is -0.707. The molecule has 0 spiro atoms. The Morgan fingerprint density at radius 3 is 0.486 bits per heavy atom. The fourth-order valence-corrected chi connectivity index (χ4v) is 2.35. The molecule has 0 atom stereocenters. The molecule has 2 aromatic rings. The standard InChI is InChI=1S/2C7H8.6C5H8O4.2Dy/c2*1-7-5-3-2-4-6-7;6*1-8-4(6)3-5(7)9-2;;/h2*2-6H,1H3;6*3,6H,1-2H3;;/q;;;;;;;;2*+3/p-6/b;;6*4-3+;;. The summed E-state index contributed by atoms with van der Waals surface area (Å²) in [5.41, 5.74) is 2.64. The molecule has 0 saturated carbocycles. The SMILES string of the molecule is COC(=O)/C=C(\[O-])OC.COC(=O)/C=C(\[O-])OC.COC(=O)/C=C(\[O-])OC.COC(=O)/C=C(\[O-])OC.COC(=O)/C=C(\[O-])OC.COC(=O)/C=C(\[O-])OC.Cc1ccccc1.Cc1ccccc1.[Dy+3].[Dy+3]. The first-order valence-corrected chi connectivity index (χ1v) is 18.1. The molecule has 0 aliphatic heterocycles. The maximum absolute atomic E-state index is 10.2. The van der Waals surface area contributed by atoms with Crippen molar-refractivity contribution in [2.75, 3.05) is 85.3 Å². The van der Waals surface area contributed by atoms with Crippen molar-refractivity contribution in [3.63, 3.8) is 0 Å². The van der Waals surface area contributed by atoms with Gasteiger partial charge in [-0.25, -0.2) is 28.8 Å². The van der Waals surface area contributed by atoms with Crippen LogP contribution in [0.1, 0.15) is 11.1 Å². The van der Waals surface area contributed by atoms with Gasteiger partial charge in [0.15, 0.2) is 0 Å². The van der Waals surface area contributed by atoms with Gasteiger partial charge in [0.1, 0.15) is 0 Å². The number of hydrogen-bond acceptors (Lipinski definition) is 24. The van der Waals surface area contributed by atoms with Crippen LogP contribution >= 0.6 is 0 Å². The van der Waals surface area contributed by atoms with E-state index in [1.54, 1.807) is 0 Å². The van der Waals surface area contributed by atoms with Crippen molar-refractivity contribution in [1.29, 1.82) is 0 Å². The number of aryl methyl sites for hydroxylation is 2. The molecule has 0 aliphatic carbocycles. The largest absolute Gasteiger partial charge is 3.00 e. The summed E-state index contributed by atoms with van der Waals surface area (Å²) in [6.45, 7) is 4.17. The molecule has 2 radical (unpaired) electrons. The summed E-state index contributed by atoms with van der Waals surface area (Å²) in [4.78, 5) is 61.2. The van der Waals surface area contributed by atoms with Crippen LogP contribution in [-0.2, 0) is 85.6 Å². The molecular weight excluding hydrogens is 1240 g/mol. The monoisotopic (exact) mass is 1300 g/mol. The molecule has 2 rings (SSSR count). The van der Waals surface area contributed by atoms with Gasteiger partial charge < -0.3 is 87.5 Å². The molecule has 0 aliphatic rings. The Morgan fingerprint density at radius 1 is 0.286 bits per heavy atom. The molecule has 0 N–H and O–H groups in total. The molecule has 2 aromatic carbocycles. The quantitative estimate of drug-likeness (QED) is 0.0963. The molecule has 0 amide bonds. The predicted molar refractivity (Wildman–Crippen MR) is 225 cm³/mol. The second-order valence-corrected chi connectivity index (χ2v) is 10.5. The van der Waals surface area contributed by atoms with Crippen LogP contribution in [0.15, 0.2) is 133 Å². The Labute approximate surface area is 467 Å². The first-order valence-electron chi connectivity index (χ1n) is 18.1. The second kappa shape index (κ2) is 59.0. The van der Waals surface area contributed by atoms with Crippen molar-refractivity contribution >= 4 is 35.8 Å². The van der Waals surface area contributed by atoms with E-state index in [0.717, 1.165) is 36.5 Å². The minimum Gasteiger partial charge on any atom is -0.616 e. The number of carbonyl (C=O) groups excluding carboxylic acids is 6. The van der Waals surface area contributed by atoms with E-state index in [4.69, 9.17) is 0 Å². The number of benzene rings is 2. The zero-order chi connectivity index (χ0) is 53.9. The summed E-state index contributed by atoms with van der Waals surface area (Å²) in [5, 5.41) is 61.2. The van der Waals surface area contributed by atoms with Gasteiger partial charge >= 0.3 is 112 Å². The van der Waals surface area contributed by atoms with E-state index in [1.807, 2.05) is 36.4 Å². The molecule has 0 bridgehead atoms. The van der Waals surface area contributed by atoms with Crippen molar-refractivity contribution < 1.29 is 193 Å². The zero-order valence-electron chi connectivity index (χ0n) is 40.7. The van der Waals surface area contributed by atoms with Gasteiger partial charge in [0.25, 0.3) is 0 Å². The summed E-state index contributed by atoms with van der Waals surface area (Å²) in [6, 6.07) is 20.5. The van der Waals surface area contributed by atoms with Gasteiger partial charge in [0, 0.05) is 36.5 Å². The Morgan fingerprint density at radius 2 is 0.414 bits per heavy atom. The van der Waals surface area contributed by atoms with Gasteiger partial charge in [-0.3, -0.25) is 0 Å². The summed E-state index contributed by atoms with van der Waals surface area (Å²) in [7, 11) is 14.2. The van der Waals surface area contributed by atoms with Crippen molar-refractivity contribution in [3.05, 3.63) is 144 Å². The normalized spacial score (nSPS) is 9.97. The third-order valence-electron chi connectivity index (χ3n) is 5.71. The fourth-order valence-electron chi connectivity index (χ4n) is 2.35. The van der Waals surface area contributed by atoms with Crippen LogP contribution in [0, 0.1) is 90.2 Å². The molecule has 0 aromatic heterocycles. The van der Waals surface area contributed by atoms with Crippen LogP contribution in [0.4, 0.5) is 0 Å². The molecule has 70 heavy (non-hydrogen) atoms. The van der Waals surface area contributed by atoms with E-state index < -0.39 is 71.5 Å². The van der Waals surface area contributed by atoms with Crippen molar-refractivity contribution in [2.24, 2.45) is 0 Å². The molecular formula is C44H58Dy2O24. The van der Waals surface area contributed by atoms with E-state index in [0.29, 0.717) is 0 Å². The maximum atomic E-state index is 10.2. The van der Waals surface area contributed by atoms with Crippen molar-refractivity contribution in [3.8, 4) is 0 Å². The van der Waals surface area contributed by atoms with Crippen molar-refractivity contribution in [1.82, 2.24) is 0 Å². The van der Waals surface area contributed by atoms with Gasteiger partial charge in [-0.05, 0) is 56.5 Å². The first kappa shape index (κ1) is 80.9. The number of rotatable bonds is 12. The Hall–Kier alpha value is -6.15. The van der Waals surface area contributed by atoms with Gasteiger partial charge in [-0.15, -0.1) is 0 Å². The topological polar surface area (TPSA) is 352 Å². The number of hydrogen-bond donors (Lipinski definition) is 0. The van der Waals surface area contributed by atoms with E-state index in [-0.39, 0.29) is 76.3 Å². The average molecular weight is 1300 g/mol. The van der Waals surface area contributed by atoms with Gasteiger partial charge in [-0.1, -0.05) is 71.8 Å². The predicted octanol–water partition coefficient (Wildman–Crippen LogP) is -1.96. The molecule has 24 nitrogen and oxygen atoms in total. The van der Waals surface area contributed by atoms with Gasteiger partial charge in [0.2, 0.25) is 0 Å². The van der Waals surface area contributed by atoms with E-state index in [9.17, 15) is 59.4 Å². The van der Waals surface area contributed by atoms with E-state index >= 15 is 0 Å². The van der Waals surface area contributed by atoms with E-state index in [2.05, 4.69) is 95.0 Å². The second-order valence-electron chi connectivity index (χ2n) is 10.5. The fraction of sp³-hybridized carbons (Fsp3) is 0.318. The zero-order valence-corrected chi connectivity index (χ0v) is 44.7. The summed E-state index contributed by atoms with van der Waals surface area (Å²) >= 11 is 0. The minimum absolute atomic E-state index is 0. The molecule has 0 unspecified atom stereocenters. The molecule has 0 saturated heterocycles. The number of ether oxygens (including phenoxy) is 12. The van der Waals surface area contributed by atoms with E-state index in [1.165, 1.54) is 96.4 Å². The summed E-state index contributed by atoms with van der Waals surface area (Å²) in [5.74, 6) is -8.48. The molecule has 398 valence electrons. The third-order valence-corrected chi connectivity index (χ3v) is 5.71. The Balaban J connectivity index is -0.000000104. The summed E-state index contributed by atoms with van der Waals surface area (Å²) < 4.78 is 49.5. The summed E-state index contributed by atoms with van der Waals surface area (Å²) in [6.07, 6.45) is 4.33. The number of methoxy groups -OCH3 is 12. The molecule has 26 heteroatoms. The van der Waals surface area contributed by atoms with Crippen LogP contribution in [0.5, 0.6) is 0 Å². The van der Waals surface area contributed by atoms with Gasteiger partial charge in [-0.2, -0.15) is 0 Å². The number of carbonyl (C=O) groups is 6. The van der Waals surface area contributed by atoms with Crippen LogP contribution < -0.4 is 30.6 Å². The molecule has 0 heterocycles. The van der Waals surface area contributed by atoms with Crippen LogP contribution in [-0.4, -0.2) is 121 Å². The average Bonchev–Trinajstić information content (AvgIpc) is 3.34. The van der Waals surface area contributed by atoms with Crippen LogP contribution in [0.25, 0.3) is 0 Å². The van der Waals surface area contributed by atoms with Crippen LogP contribution in [0.2, 0.25) is 0 Å². The van der Waals surface area contributed by atoms with Crippen molar-refractivity contribution in [2.45, 2.75) is 13.8 Å². The Kier molecular flexibility index (Phi) is 68.1. The third kappa shape index (κ3) is 68.4. The first-order chi connectivity index (χ1) is 32.0. The van der Waals surface area contributed by atoms with Crippen LogP contribution in [0.3, 0.4) is 0 Å². The molecule has 0 fully saturated rings. The number of esters is 6. The van der Waals surface area contributed by atoms with Gasteiger partial charge in [0.05, 0.1) is 78.3 Å².